The third-order valence-corrected chi connectivity index (χ3v) is 4.21. The number of nitrogens with zero attached hydrogens (tertiary/aromatic N) is 1. The maximum absolute atomic E-state index is 12.4. The fourth-order valence-electron chi connectivity index (χ4n) is 3.18. The first-order valence-electron chi connectivity index (χ1n) is 7.61. The van der Waals surface area contributed by atoms with E-state index >= 15 is 0 Å². The van der Waals surface area contributed by atoms with E-state index < -0.39 is 0 Å². The number of ketones is 1. The number of hydrogen-bond donors (Lipinski definition) is 0. The van der Waals surface area contributed by atoms with Crippen molar-refractivity contribution < 1.29 is 14.3 Å². The molecule has 21 heavy (non-hydrogen) atoms. The Labute approximate surface area is 126 Å². The van der Waals surface area contributed by atoms with Crippen LogP contribution in [0.15, 0.2) is 30.3 Å². The highest BCUT2D eigenvalue weighted by Crippen LogP contribution is 2.36. The number of methoxy groups -OCH3 is 1. The van der Waals surface area contributed by atoms with Gasteiger partial charge in [-0.3, -0.25) is 4.79 Å². The normalized spacial score (nSPS) is 19.9. The molecule has 0 saturated heterocycles. The van der Waals surface area contributed by atoms with Gasteiger partial charge in [-0.05, 0) is 25.3 Å². The number of hydrogen-bond acceptors (Lipinski definition) is 3. The number of carbonyl (C=O) groups is 2. The summed E-state index contributed by atoms with van der Waals surface area (Å²) in [5.74, 6) is 0.137. The first-order chi connectivity index (χ1) is 10.2. The van der Waals surface area contributed by atoms with E-state index in [9.17, 15) is 9.59 Å². The molecule has 0 aliphatic heterocycles. The van der Waals surface area contributed by atoms with Gasteiger partial charge in [0.1, 0.15) is 5.78 Å². The summed E-state index contributed by atoms with van der Waals surface area (Å²) in [5, 5.41) is 0. The van der Waals surface area contributed by atoms with Crippen LogP contribution >= 0.6 is 0 Å². The highest BCUT2D eigenvalue weighted by Gasteiger charge is 2.37. The monoisotopic (exact) mass is 289 g/mol. The predicted octanol–water partition coefficient (Wildman–Crippen LogP) is 3.58. The van der Waals surface area contributed by atoms with Gasteiger partial charge in [-0.25, -0.2) is 4.79 Å². The van der Waals surface area contributed by atoms with E-state index in [2.05, 4.69) is 0 Å². The fourth-order valence-corrected chi connectivity index (χ4v) is 3.18. The first-order valence-corrected chi connectivity index (χ1v) is 7.61. The van der Waals surface area contributed by atoms with Crippen LogP contribution in [0.1, 0.15) is 44.2 Å². The average Bonchev–Trinajstić information content (AvgIpc) is 2.53. The fraction of sp³-hybridized carbons (Fsp3) is 0.529. The zero-order valence-electron chi connectivity index (χ0n) is 12.7. The molecule has 4 nitrogen and oxygen atoms in total. The van der Waals surface area contributed by atoms with Gasteiger partial charge in [0.15, 0.2) is 0 Å². The van der Waals surface area contributed by atoms with Crippen molar-refractivity contribution in [1.82, 2.24) is 4.90 Å². The van der Waals surface area contributed by atoms with Crippen molar-refractivity contribution in [2.24, 2.45) is 5.92 Å². The van der Waals surface area contributed by atoms with Gasteiger partial charge >= 0.3 is 6.09 Å². The van der Waals surface area contributed by atoms with E-state index in [4.69, 9.17) is 4.74 Å². The number of amides is 1. The van der Waals surface area contributed by atoms with Gasteiger partial charge in [-0.15, -0.1) is 0 Å². The summed E-state index contributed by atoms with van der Waals surface area (Å²) >= 11 is 0. The summed E-state index contributed by atoms with van der Waals surface area (Å²) in [4.78, 5) is 26.1. The van der Waals surface area contributed by atoms with E-state index in [1.807, 2.05) is 37.3 Å². The van der Waals surface area contributed by atoms with Crippen molar-refractivity contribution in [2.45, 2.75) is 38.6 Å². The Morgan fingerprint density at radius 3 is 2.62 bits per heavy atom. The van der Waals surface area contributed by atoms with Gasteiger partial charge in [0, 0.05) is 18.9 Å². The minimum atomic E-state index is -0.371. The molecule has 1 amide bonds. The maximum Gasteiger partial charge on any atom is 0.410 e. The first kappa shape index (κ1) is 15.5. The molecule has 0 unspecified atom stereocenters. The molecule has 1 fully saturated rings. The van der Waals surface area contributed by atoms with E-state index in [0.717, 1.165) is 24.8 Å². The SMILES string of the molecule is CCN(C(=O)OC)[C@@H](c1ccccc1)[C@H]1CCCCC1=O. The summed E-state index contributed by atoms with van der Waals surface area (Å²) in [5.41, 5.74) is 1.00. The van der Waals surface area contributed by atoms with Crippen LogP contribution in [0.2, 0.25) is 0 Å². The largest absolute Gasteiger partial charge is 0.453 e. The van der Waals surface area contributed by atoms with Gasteiger partial charge in [0.25, 0.3) is 0 Å². The van der Waals surface area contributed by atoms with Crippen LogP contribution in [0.4, 0.5) is 4.79 Å². The Balaban J connectivity index is 2.38. The summed E-state index contributed by atoms with van der Waals surface area (Å²) in [6.45, 7) is 2.44. The average molecular weight is 289 g/mol. The zero-order valence-corrected chi connectivity index (χ0v) is 12.7. The summed E-state index contributed by atoms with van der Waals surface area (Å²) < 4.78 is 4.91. The van der Waals surface area contributed by atoms with E-state index in [0.29, 0.717) is 13.0 Å². The maximum atomic E-state index is 12.4. The van der Waals surface area contributed by atoms with Crippen molar-refractivity contribution >= 4 is 11.9 Å². The molecule has 1 aromatic carbocycles. The molecule has 1 aromatic rings. The minimum absolute atomic E-state index is 0.125. The molecule has 0 heterocycles. The molecule has 0 aromatic heterocycles. The van der Waals surface area contributed by atoms with Crippen LogP contribution in [0.3, 0.4) is 0 Å². The van der Waals surface area contributed by atoms with Gasteiger partial charge in [-0.1, -0.05) is 36.8 Å². The van der Waals surface area contributed by atoms with Crippen molar-refractivity contribution in [1.29, 1.82) is 0 Å². The van der Waals surface area contributed by atoms with Crippen molar-refractivity contribution in [2.75, 3.05) is 13.7 Å². The molecule has 0 radical (unpaired) electrons. The Bertz CT molecular complexity index is 476. The molecule has 2 rings (SSSR count). The Morgan fingerprint density at radius 2 is 2.05 bits per heavy atom. The van der Waals surface area contributed by atoms with Crippen LogP contribution < -0.4 is 0 Å². The number of rotatable bonds is 4. The van der Waals surface area contributed by atoms with Crippen molar-refractivity contribution in [3.63, 3.8) is 0 Å². The van der Waals surface area contributed by atoms with Crippen LogP contribution in [0.5, 0.6) is 0 Å². The van der Waals surface area contributed by atoms with E-state index in [1.54, 1.807) is 4.90 Å². The summed E-state index contributed by atoms with van der Waals surface area (Å²) in [6, 6.07) is 9.58. The lowest BCUT2D eigenvalue weighted by Gasteiger charge is -2.37. The molecule has 114 valence electrons. The Kier molecular flexibility index (Phi) is 5.37. The molecule has 1 saturated carbocycles. The molecule has 2 atom stereocenters. The topological polar surface area (TPSA) is 46.6 Å². The van der Waals surface area contributed by atoms with E-state index in [1.165, 1.54) is 7.11 Å². The molecular formula is C17H23NO3. The lowest BCUT2D eigenvalue weighted by Crippen LogP contribution is -2.41. The second-order valence-corrected chi connectivity index (χ2v) is 5.43. The molecule has 1 aliphatic rings. The van der Waals surface area contributed by atoms with Crippen molar-refractivity contribution in [3.8, 4) is 0 Å². The molecule has 0 bridgehead atoms. The van der Waals surface area contributed by atoms with Gasteiger partial charge < -0.3 is 9.64 Å². The van der Waals surface area contributed by atoms with Gasteiger partial charge in [0.05, 0.1) is 13.2 Å². The van der Waals surface area contributed by atoms with Crippen LogP contribution in [0, 0.1) is 5.92 Å². The lowest BCUT2D eigenvalue weighted by atomic mass is 9.79. The second-order valence-electron chi connectivity index (χ2n) is 5.43. The highest BCUT2D eigenvalue weighted by molar-refractivity contribution is 5.83. The van der Waals surface area contributed by atoms with Gasteiger partial charge in [-0.2, -0.15) is 0 Å². The smallest absolute Gasteiger partial charge is 0.410 e. The van der Waals surface area contributed by atoms with Crippen LogP contribution in [-0.2, 0) is 9.53 Å². The molecule has 0 spiro atoms. The second kappa shape index (κ2) is 7.25. The van der Waals surface area contributed by atoms with Crippen LogP contribution in [-0.4, -0.2) is 30.4 Å². The number of benzene rings is 1. The third kappa shape index (κ3) is 3.43. The summed E-state index contributed by atoms with van der Waals surface area (Å²) in [7, 11) is 1.38. The Hall–Kier alpha value is -1.84. The highest BCUT2D eigenvalue weighted by atomic mass is 16.5. The number of ether oxygens (including phenoxy) is 1. The molecular weight excluding hydrogens is 266 g/mol. The molecule has 1 aliphatic carbocycles. The summed E-state index contributed by atoms with van der Waals surface area (Å²) in [6.07, 6.45) is 3.09. The molecule has 4 heteroatoms. The van der Waals surface area contributed by atoms with Crippen LogP contribution in [0.25, 0.3) is 0 Å². The Morgan fingerprint density at radius 1 is 1.33 bits per heavy atom. The number of carbonyl (C=O) groups excluding carboxylic acids is 2. The molecule has 0 N–H and O–H groups in total. The number of Topliss-reactive ketones (excluding diaryl/α,β-unsaturated/α-hetero) is 1. The van der Waals surface area contributed by atoms with Crippen molar-refractivity contribution in [3.05, 3.63) is 35.9 Å². The minimum Gasteiger partial charge on any atom is -0.453 e. The zero-order chi connectivity index (χ0) is 15.2. The predicted molar refractivity (Wildman–Crippen MR) is 80.9 cm³/mol. The van der Waals surface area contributed by atoms with E-state index in [-0.39, 0.29) is 23.8 Å². The lowest BCUT2D eigenvalue weighted by molar-refractivity contribution is -0.126. The standard InChI is InChI=1S/C17H23NO3/c1-3-18(17(20)21-2)16(13-9-5-4-6-10-13)14-11-7-8-12-15(14)19/h4-6,9-10,14,16H,3,7-8,11-12H2,1-2H3/t14-,16-/m0/s1. The third-order valence-electron chi connectivity index (χ3n) is 4.21. The quantitative estimate of drug-likeness (QED) is 0.851. The van der Waals surface area contributed by atoms with Gasteiger partial charge in [0.2, 0.25) is 0 Å².